The molecule has 0 unspecified atom stereocenters. The van der Waals surface area contributed by atoms with Crippen LogP contribution in [0.25, 0.3) is 0 Å². The first kappa shape index (κ1) is 15.2. The van der Waals surface area contributed by atoms with Gasteiger partial charge in [-0.15, -0.1) is 0 Å². The van der Waals surface area contributed by atoms with Crippen molar-refractivity contribution in [3.05, 3.63) is 36.7 Å². The molecule has 0 aliphatic carbocycles. The zero-order chi connectivity index (χ0) is 15.2. The van der Waals surface area contributed by atoms with Gasteiger partial charge in [0.2, 0.25) is 0 Å². The lowest BCUT2D eigenvalue weighted by Gasteiger charge is -2.25. The Labute approximate surface area is 122 Å². The van der Waals surface area contributed by atoms with Gasteiger partial charge in [0.1, 0.15) is 18.6 Å². The van der Waals surface area contributed by atoms with Gasteiger partial charge in [-0.2, -0.15) is 0 Å². The minimum atomic E-state index is -0.538. The van der Waals surface area contributed by atoms with Gasteiger partial charge >= 0.3 is 0 Å². The predicted molar refractivity (Wildman–Crippen MR) is 72.9 cm³/mol. The van der Waals surface area contributed by atoms with E-state index in [4.69, 9.17) is 13.6 Å². The van der Waals surface area contributed by atoms with Crippen LogP contribution in [0.15, 0.2) is 34.1 Å². The molecule has 0 fully saturated rings. The van der Waals surface area contributed by atoms with E-state index in [9.17, 15) is 4.79 Å². The number of ether oxygens (including phenoxy) is 1. The number of nitrogens with zero attached hydrogens (tertiary/aromatic N) is 3. The van der Waals surface area contributed by atoms with E-state index < -0.39 is 6.10 Å². The Kier molecular flexibility index (Phi) is 5.10. The van der Waals surface area contributed by atoms with E-state index in [1.807, 2.05) is 13.8 Å². The molecule has 0 bridgehead atoms. The van der Waals surface area contributed by atoms with Crippen molar-refractivity contribution in [3.8, 4) is 0 Å². The summed E-state index contributed by atoms with van der Waals surface area (Å²) in [6, 6.07) is 0. The molecule has 0 aliphatic rings. The molecular weight excluding hydrogens is 274 g/mol. The number of aromatic nitrogens is 2. The van der Waals surface area contributed by atoms with Crippen molar-refractivity contribution in [1.82, 2.24) is 14.9 Å². The second-order valence-electron chi connectivity index (χ2n) is 4.98. The van der Waals surface area contributed by atoms with Gasteiger partial charge < -0.3 is 18.5 Å². The maximum atomic E-state index is 12.5. The Morgan fingerprint density at radius 3 is 2.05 bits per heavy atom. The minimum absolute atomic E-state index is 0.0232. The van der Waals surface area contributed by atoms with Crippen LogP contribution in [-0.4, -0.2) is 33.0 Å². The molecule has 2 aromatic heterocycles. The summed E-state index contributed by atoms with van der Waals surface area (Å²) in [5, 5.41) is 0. The molecule has 7 heteroatoms. The van der Waals surface area contributed by atoms with E-state index in [1.54, 1.807) is 11.8 Å². The number of amides is 1. The number of oxazole rings is 2. The van der Waals surface area contributed by atoms with Gasteiger partial charge in [0, 0.05) is 0 Å². The largest absolute Gasteiger partial charge is 0.451 e. The standard InChI is InChI=1S/C14H19N3O4/c1-10(2)21-11(3)14(18)17(4-12-6-19-8-15-12)5-13-7-20-9-16-13/h6-11H,4-5H2,1-3H3/t11-/m0/s1. The van der Waals surface area contributed by atoms with E-state index in [-0.39, 0.29) is 12.0 Å². The highest BCUT2D eigenvalue weighted by atomic mass is 16.5. The lowest BCUT2D eigenvalue weighted by molar-refractivity contribution is -0.146. The van der Waals surface area contributed by atoms with Gasteiger partial charge in [-0.3, -0.25) is 4.79 Å². The molecule has 0 N–H and O–H groups in total. The molecule has 1 amide bonds. The van der Waals surface area contributed by atoms with E-state index in [1.165, 1.54) is 25.3 Å². The second kappa shape index (κ2) is 7.03. The molecular formula is C14H19N3O4. The maximum absolute atomic E-state index is 12.5. The van der Waals surface area contributed by atoms with Crippen LogP contribution in [0.4, 0.5) is 0 Å². The van der Waals surface area contributed by atoms with Crippen molar-refractivity contribution in [2.24, 2.45) is 0 Å². The summed E-state index contributed by atoms with van der Waals surface area (Å²) < 4.78 is 15.4. The molecule has 21 heavy (non-hydrogen) atoms. The van der Waals surface area contributed by atoms with Crippen LogP contribution < -0.4 is 0 Å². The Morgan fingerprint density at radius 1 is 1.14 bits per heavy atom. The van der Waals surface area contributed by atoms with Crippen LogP contribution in [0.2, 0.25) is 0 Å². The number of hydrogen-bond donors (Lipinski definition) is 0. The fraction of sp³-hybridized carbons (Fsp3) is 0.500. The fourth-order valence-corrected chi connectivity index (χ4v) is 1.96. The molecule has 2 heterocycles. The average Bonchev–Trinajstić information content (AvgIpc) is 3.09. The van der Waals surface area contributed by atoms with Crippen molar-refractivity contribution in [2.75, 3.05) is 0 Å². The van der Waals surface area contributed by atoms with E-state index in [0.29, 0.717) is 24.5 Å². The molecule has 2 aromatic rings. The van der Waals surface area contributed by atoms with E-state index in [2.05, 4.69) is 9.97 Å². The fourth-order valence-electron chi connectivity index (χ4n) is 1.96. The summed E-state index contributed by atoms with van der Waals surface area (Å²) in [5.41, 5.74) is 1.34. The Morgan fingerprint density at radius 2 is 1.67 bits per heavy atom. The van der Waals surface area contributed by atoms with Crippen LogP contribution >= 0.6 is 0 Å². The topological polar surface area (TPSA) is 81.6 Å². The molecule has 0 aliphatic heterocycles. The maximum Gasteiger partial charge on any atom is 0.252 e. The van der Waals surface area contributed by atoms with Crippen LogP contribution in [0.5, 0.6) is 0 Å². The van der Waals surface area contributed by atoms with E-state index in [0.717, 1.165) is 0 Å². The highest BCUT2D eigenvalue weighted by Gasteiger charge is 2.23. The van der Waals surface area contributed by atoms with Crippen LogP contribution in [0.1, 0.15) is 32.2 Å². The highest BCUT2D eigenvalue weighted by molar-refractivity contribution is 5.80. The predicted octanol–water partition coefficient (Wildman–Crippen LogP) is 2.00. The Hall–Kier alpha value is -2.15. The third kappa shape index (κ3) is 4.42. The summed E-state index contributed by atoms with van der Waals surface area (Å²) in [4.78, 5) is 22.2. The highest BCUT2D eigenvalue weighted by Crippen LogP contribution is 2.11. The molecule has 7 nitrogen and oxygen atoms in total. The first-order valence-electron chi connectivity index (χ1n) is 6.74. The van der Waals surface area contributed by atoms with Gasteiger partial charge in [0.25, 0.3) is 5.91 Å². The van der Waals surface area contributed by atoms with Crippen molar-refractivity contribution < 1.29 is 18.4 Å². The number of hydrogen-bond acceptors (Lipinski definition) is 6. The monoisotopic (exact) mass is 293 g/mol. The van der Waals surface area contributed by atoms with Gasteiger partial charge in [0.05, 0.1) is 30.6 Å². The summed E-state index contributed by atoms with van der Waals surface area (Å²) >= 11 is 0. The molecule has 0 saturated carbocycles. The third-order valence-electron chi connectivity index (χ3n) is 2.81. The summed E-state index contributed by atoms with van der Waals surface area (Å²) in [5.74, 6) is -0.130. The summed E-state index contributed by atoms with van der Waals surface area (Å²) in [7, 11) is 0. The van der Waals surface area contributed by atoms with Gasteiger partial charge in [-0.1, -0.05) is 0 Å². The lowest BCUT2D eigenvalue weighted by Crippen LogP contribution is -2.39. The first-order chi connectivity index (χ1) is 10.1. The van der Waals surface area contributed by atoms with Gasteiger partial charge in [-0.05, 0) is 20.8 Å². The van der Waals surface area contributed by atoms with Gasteiger partial charge in [0.15, 0.2) is 12.8 Å². The van der Waals surface area contributed by atoms with Crippen LogP contribution in [0.3, 0.4) is 0 Å². The van der Waals surface area contributed by atoms with Crippen molar-refractivity contribution in [3.63, 3.8) is 0 Å². The minimum Gasteiger partial charge on any atom is -0.451 e. The van der Waals surface area contributed by atoms with Crippen molar-refractivity contribution in [1.29, 1.82) is 0 Å². The number of rotatable bonds is 7. The Balaban J connectivity index is 2.08. The SMILES string of the molecule is CC(C)O[C@@H](C)C(=O)N(Cc1cocn1)Cc1cocn1. The molecule has 114 valence electrons. The molecule has 0 saturated heterocycles. The van der Waals surface area contributed by atoms with E-state index >= 15 is 0 Å². The average molecular weight is 293 g/mol. The zero-order valence-corrected chi connectivity index (χ0v) is 12.4. The summed E-state index contributed by atoms with van der Waals surface area (Å²) in [6.07, 6.45) is 5.13. The van der Waals surface area contributed by atoms with Crippen molar-refractivity contribution >= 4 is 5.91 Å². The Bertz CT molecular complexity index is 500. The number of carbonyl (C=O) groups excluding carboxylic acids is 1. The molecule has 1 atom stereocenters. The normalized spacial score (nSPS) is 12.6. The second-order valence-corrected chi connectivity index (χ2v) is 4.98. The molecule has 0 aromatic carbocycles. The van der Waals surface area contributed by atoms with Crippen LogP contribution in [0, 0.1) is 0 Å². The zero-order valence-electron chi connectivity index (χ0n) is 12.4. The lowest BCUT2D eigenvalue weighted by atomic mass is 10.2. The third-order valence-corrected chi connectivity index (χ3v) is 2.81. The molecule has 2 rings (SSSR count). The summed E-state index contributed by atoms with van der Waals surface area (Å²) in [6.45, 7) is 6.18. The van der Waals surface area contributed by atoms with Crippen LogP contribution in [-0.2, 0) is 22.6 Å². The smallest absolute Gasteiger partial charge is 0.252 e. The van der Waals surface area contributed by atoms with Crippen molar-refractivity contribution in [2.45, 2.75) is 46.1 Å². The quantitative estimate of drug-likeness (QED) is 0.776. The first-order valence-corrected chi connectivity index (χ1v) is 6.74. The molecule has 0 spiro atoms. The van der Waals surface area contributed by atoms with Gasteiger partial charge in [-0.25, -0.2) is 9.97 Å². The number of carbonyl (C=O) groups is 1. The molecule has 0 radical (unpaired) electrons.